The number of halogens is 1. The van der Waals surface area contributed by atoms with Crippen molar-refractivity contribution in [3.8, 4) is 0 Å². The number of nitrogens with zero attached hydrogens (tertiary/aromatic N) is 1. The fraction of sp³-hybridized carbons (Fsp3) is 0.364. The maximum absolute atomic E-state index is 11.6. The highest BCUT2D eigenvalue weighted by Crippen LogP contribution is 2.22. The molecule has 0 bridgehead atoms. The molecule has 1 N–H and O–H groups in total. The van der Waals surface area contributed by atoms with Crippen LogP contribution in [0, 0.1) is 16.0 Å². The molecule has 1 aromatic rings. The fourth-order valence-corrected chi connectivity index (χ4v) is 1.39. The van der Waals surface area contributed by atoms with Crippen molar-refractivity contribution >= 4 is 23.2 Å². The average Bonchev–Trinajstić information content (AvgIpc) is 2.27. The molecule has 0 aliphatic heterocycles. The van der Waals surface area contributed by atoms with E-state index >= 15 is 0 Å². The smallest absolute Gasteiger partial charge is 0.273 e. The first-order valence-electron chi connectivity index (χ1n) is 5.28. The SMILES string of the molecule is CC(C)CONC(=O)c1ccc([N+](=O)[O-])cc1Cl. The number of nitro groups is 1. The Hall–Kier alpha value is -1.66. The van der Waals surface area contributed by atoms with Crippen LogP contribution in [0.5, 0.6) is 0 Å². The van der Waals surface area contributed by atoms with Crippen molar-refractivity contribution in [3.05, 3.63) is 38.9 Å². The molecule has 1 amide bonds. The molecule has 1 aromatic carbocycles. The van der Waals surface area contributed by atoms with E-state index in [9.17, 15) is 14.9 Å². The number of rotatable bonds is 5. The fourth-order valence-electron chi connectivity index (χ4n) is 1.13. The predicted molar refractivity (Wildman–Crippen MR) is 66.4 cm³/mol. The van der Waals surface area contributed by atoms with E-state index in [-0.39, 0.29) is 22.2 Å². The first-order chi connectivity index (χ1) is 8.41. The molecular formula is C11H13ClN2O4. The van der Waals surface area contributed by atoms with Gasteiger partial charge in [0, 0.05) is 12.1 Å². The van der Waals surface area contributed by atoms with Crippen molar-refractivity contribution in [2.45, 2.75) is 13.8 Å². The second-order valence-electron chi connectivity index (χ2n) is 4.06. The molecule has 0 fully saturated rings. The van der Waals surface area contributed by atoms with Crippen LogP contribution in [0.3, 0.4) is 0 Å². The summed E-state index contributed by atoms with van der Waals surface area (Å²) in [6, 6.07) is 3.62. The van der Waals surface area contributed by atoms with E-state index in [0.717, 1.165) is 6.07 Å². The third-order valence-electron chi connectivity index (χ3n) is 1.99. The summed E-state index contributed by atoms with van der Waals surface area (Å²) in [4.78, 5) is 26.5. The van der Waals surface area contributed by atoms with E-state index in [2.05, 4.69) is 5.48 Å². The van der Waals surface area contributed by atoms with Crippen molar-refractivity contribution in [3.63, 3.8) is 0 Å². The topological polar surface area (TPSA) is 81.5 Å². The maximum atomic E-state index is 11.6. The van der Waals surface area contributed by atoms with E-state index in [0.29, 0.717) is 6.61 Å². The highest BCUT2D eigenvalue weighted by Gasteiger charge is 2.14. The summed E-state index contributed by atoms with van der Waals surface area (Å²) in [7, 11) is 0. The van der Waals surface area contributed by atoms with Gasteiger partial charge in [0.05, 0.1) is 22.1 Å². The summed E-state index contributed by atoms with van der Waals surface area (Å²) in [5, 5.41) is 10.5. The molecule has 0 aromatic heterocycles. The standard InChI is InChI=1S/C11H13ClN2O4/c1-7(2)6-18-13-11(15)9-4-3-8(14(16)17)5-10(9)12/h3-5,7H,6H2,1-2H3,(H,13,15). The summed E-state index contributed by atoms with van der Waals surface area (Å²) in [5.41, 5.74) is 2.19. The number of amides is 1. The Bertz CT molecular complexity index is 462. The van der Waals surface area contributed by atoms with Crippen LogP contribution in [0.15, 0.2) is 18.2 Å². The number of hydroxylamine groups is 1. The summed E-state index contributed by atoms with van der Waals surface area (Å²) >= 11 is 5.79. The number of non-ortho nitro benzene ring substituents is 1. The Balaban J connectivity index is 2.72. The zero-order valence-corrected chi connectivity index (χ0v) is 10.7. The van der Waals surface area contributed by atoms with Crippen LogP contribution >= 0.6 is 11.6 Å². The Morgan fingerprint density at radius 3 is 2.72 bits per heavy atom. The van der Waals surface area contributed by atoms with Crippen molar-refractivity contribution < 1.29 is 14.6 Å². The van der Waals surface area contributed by atoms with Crippen LogP contribution in [0.2, 0.25) is 5.02 Å². The van der Waals surface area contributed by atoms with Gasteiger partial charge in [-0.15, -0.1) is 0 Å². The number of nitro benzene ring substituents is 1. The van der Waals surface area contributed by atoms with Gasteiger partial charge in [0.1, 0.15) is 0 Å². The molecule has 18 heavy (non-hydrogen) atoms. The largest absolute Gasteiger partial charge is 0.276 e. The highest BCUT2D eigenvalue weighted by molar-refractivity contribution is 6.34. The Morgan fingerprint density at radius 1 is 1.56 bits per heavy atom. The first-order valence-corrected chi connectivity index (χ1v) is 5.65. The third kappa shape index (κ3) is 3.97. The number of nitrogens with one attached hydrogen (secondary N) is 1. The van der Waals surface area contributed by atoms with Gasteiger partial charge in [-0.05, 0) is 12.0 Å². The molecule has 1 rings (SSSR count). The first kappa shape index (κ1) is 14.4. The lowest BCUT2D eigenvalue weighted by Gasteiger charge is -2.08. The van der Waals surface area contributed by atoms with Gasteiger partial charge in [-0.1, -0.05) is 25.4 Å². The molecule has 0 saturated heterocycles. The van der Waals surface area contributed by atoms with Gasteiger partial charge in [-0.25, -0.2) is 5.48 Å². The molecule has 0 atom stereocenters. The van der Waals surface area contributed by atoms with Gasteiger partial charge in [-0.3, -0.25) is 19.7 Å². The molecule has 0 saturated carbocycles. The summed E-state index contributed by atoms with van der Waals surface area (Å²) < 4.78 is 0. The third-order valence-corrected chi connectivity index (χ3v) is 2.30. The minimum atomic E-state index is -0.581. The second-order valence-corrected chi connectivity index (χ2v) is 4.46. The van der Waals surface area contributed by atoms with Crippen LogP contribution in [0.4, 0.5) is 5.69 Å². The van der Waals surface area contributed by atoms with Crippen LogP contribution in [0.25, 0.3) is 0 Å². The minimum Gasteiger partial charge on any atom is -0.273 e. The zero-order chi connectivity index (χ0) is 13.7. The molecular weight excluding hydrogens is 260 g/mol. The number of benzene rings is 1. The molecule has 98 valence electrons. The van der Waals surface area contributed by atoms with Crippen molar-refractivity contribution in [1.29, 1.82) is 0 Å². The maximum Gasteiger partial charge on any atom is 0.276 e. The predicted octanol–water partition coefficient (Wildman–Crippen LogP) is 2.57. The lowest BCUT2D eigenvalue weighted by molar-refractivity contribution is -0.384. The summed E-state index contributed by atoms with van der Waals surface area (Å²) in [6.07, 6.45) is 0. The Morgan fingerprint density at radius 2 is 2.22 bits per heavy atom. The van der Waals surface area contributed by atoms with Crippen LogP contribution < -0.4 is 5.48 Å². The van der Waals surface area contributed by atoms with Gasteiger partial charge in [0.2, 0.25) is 0 Å². The van der Waals surface area contributed by atoms with E-state index < -0.39 is 10.8 Å². The van der Waals surface area contributed by atoms with E-state index in [1.807, 2.05) is 13.8 Å². The molecule has 0 heterocycles. The van der Waals surface area contributed by atoms with E-state index in [1.54, 1.807) is 0 Å². The number of carbonyl (C=O) groups excluding carboxylic acids is 1. The Kier molecular flexibility index (Phi) is 5.06. The molecule has 0 radical (unpaired) electrons. The number of hydrogen-bond donors (Lipinski definition) is 1. The summed E-state index contributed by atoms with van der Waals surface area (Å²) in [6.45, 7) is 4.24. The van der Waals surface area contributed by atoms with E-state index in [1.165, 1.54) is 12.1 Å². The van der Waals surface area contributed by atoms with E-state index in [4.69, 9.17) is 16.4 Å². The number of carbonyl (C=O) groups is 1. The molecule has 6 nitrogen and oxygen atoms in total. The van der Waals surface area contributed by atoms with Gasteiger partial charge in [0.15, 0.2) is 0 Å². The van der Waals surface area contributed by atoms with Gasteiger partial charge < -0.3 is 0 Å². The number of hydrogen-bond acceptors (Lipinski definition) is 4. The van der Waals surface area contributed by atoms with Crippen LogP contribution in [-0.4, -0.2) is 17.4 Å². The van der Waals surface area contributed by atoms with Gasteiger partial charge in [0.25, 0.3) is 11.6 Å². The minimum absolute atomic E-state index is 0.00912. The van der Waals surface area contributed by atoms with Crippen molar-refractivity contribution in [2.75, 3.05) is 6.61 Å². The van der Waals surface area contributed by atoms with Crippen molar-refractivity contribution in [2.24, 2.45) is 5.92 Å². The summed E-state index contributed by atoms with van der Waals surface area (Å²) in [5.74, 6) is -0.256. The zero-order valence-electron chi connectivity index (χ0n) is 9.97. The molecule has 0 unspecified atom stereocenters. The van der Waals surface area contributed by atoms with Gasteiger partial charge >= 0.3 is 0 Å². The highest BCUT2D eigenvalue weighted by atomic mass is 35.5. The molecule has 0 aliphatic carbocycles. The van der Waals surface area contributed by atoms with Crippen LogP contribution in [0.1, 0.15) is 24.2 Å². The normalized spacial score (nSPS) is 10.4. The molecule has 0 spiro atoms. The van der Waals surface area contributed by atoms with Crippen LogP contribution in [-0.2, 0) is 4.84 Å². The average molecular weight is 273 g/mol. The second kappa shape index (κ2) is 6.32. The monoisotopic (exact) mass is 272 g/mol. The molecule has 0 aliphatic rings. The Labute approximate surface area is 109 Å². The molecule has 7 heteroatoms. The van der Waals surface area contributed by atoms with Gasteiger partial charge in [-0.2, -0.15) is 0 Å². The lowest BCUT2D eigenvalue weighted by Crippen LogP contribution is -2.25. The quantitative estimate of drug-likeness (QED) is 0.660. The lowest BCUT2D eigenvalue weighted by atomic mass is 10.2. The van der Waals surface area contributed by atoms with Crippen molar-refractivity contribution in [1.82, 2.24) is 5.48 Å².